The Kier molecular flexibility index (Phi) is 13.9. The predicted molar refractivity (Wildman–Crippen MR) is 153 cm³/mol. The van der Waals surface area contributed by atoms with Gasteiger partial charge in [0.15, 0.2) is 6.29 Å². The van der Waals surface area contributed by atoms with E-state index >= 15 is 0 Å². The molecule has 0 aromatic heterocycles. The Morgan fingerprint density at radius 3 is 1.02 bits per heavy atom. The van der Waals surface area contributed by atoms with Crippen molar-refractivity contribution in [3.05, 3.63) is 0 Å². The minimum Gasteiger partial charge on any atom is -0.394 e. The van der Waals surface area contributed by atoms with Gasteiger partial charge in [0.1, 0.15) is 59.0 Å². The van der Waals surface area contributed by atoms with Crippen LogP contribution in [0.1, 0.15) is 0 Å². The van der Waals surface area contributed by atoms with Gasteiger partial charge in [-0.05, 0) is 0 Å². The lowest BCUT2D eigenvalue weighted by molar-refractivity contribution is -0.249. The van der Waals surface area contributed by atoms with Crippen molar-refractivity contribution in [1.82, 2.24) is 0 Å². The molecular weight excluding hydrogens is 672 g/mol. The lowest BCUT2D eigenvalue weighted by Crippen LogP contribution is -2.62. The van der Waals surface area contributed by atoms with Gasteiger partial charge in [-0.1, -0.05) is 0 Å². The Labute approximate surface area is 269 Å². The quantitative estimate of drug-likeness (QED) is 0.0999. The number of aliphatic hydroxyl groups is 14. The minimum atomic E-state index is -1.78. The number of hydrogen-bond acceptors (Lipinski definition) is 21. The molecule has 264 valence electrons. The van der Waals surface area contributed by atoms with Crippen molar-refractivity contribution in [1.29, 1.82) is 0 Å². The van der Waals surface area contributed by atoms with E-state index in [-0.39, 0.29) is 0 Å². The zero-order valence-corrected chi connectivity index (χ0v) is 25.9. The normalized spacial score (nSPS) is 52.9. The zero-order chi connectivity index (χ0) is 33.3. The fourth-order valence-corrected chi connectivity index (χ4v) is 10.0. The highest BCUT2D eigenvalue weighted by molar-refractivity contribution is 8.01. The first kappa shape index (κ1) is 38.1. The van der Waals surface area contributed by atoms with Gasteiger partial charge in [-0.3, -0.25) is 0 Å². The Balaban J connectivity index is 1.43. The first-order chi connectivity index (χ1) is 21.3. The van der Waals surface area contributed by atoms with E-state index in [0.29, 0.717) is 35.3 Å². The molecule has 0 aromatic rings. The second-order valence-corrected chi connectivity index (χ2v) is 15.0. The fourth-order valence-electron chi connectivity index (χ4n) is 5.55. The molecule has 4 rings (SSSR count). The molecule has 0 bridgehead atoms. The highest BCUT2D eigenvalue weighted by Gasteiger charge is 2.54. The van der Waals surface area contributed by atoms with Gasteiger partial charge in [-0.15, -0.1) is 35.3 Å². The second-order valence-electron chi connectivity index (χ2n) is 11.1. The van der Waals surface area contributed by atoms with E-state index in [1.807, 2.05) is 0 Å². The first-order valence-corrected chi connectivity index (χ1v) is 16.9. The summed E-state index contributed by atoms with van der Waals surface area (Å²) in [6, 6.07) is 0. The van der Waals surface area contributed by atoms with Gasteiger partial charge in [0.05, 0.1) is 78.8 Å². The maximum atomic E-state index is 11.0. The highest BCUT2D eigenvalue weighted by atomic mass is 32.2. The number of aliphatic hydroxyl groups excluding tert-OH is 14. The van der Waals surface area contributed by atoms with Gasteiger partial charge in [0, 0.05) is 0 Å². The average molecular weight is 715 g/mol. The van der Waals surface area contributed by atoms with Crippen LogP contribution >= 0.6 is 35.3 Å². The van der Waals surface area contributed by atoms with E-state index in [2.05, 4.69) is 0 Å². The SMILES string of the molecule is OC[C@H]1O[C@@H](S[C@H]2[C@H](O)[C@@H](O)[C@@H](S[C@H]3[C@H](O)[C@@H](O)[C@@H](S[C@H]4[C@H](O)[C@@H](O)[C@H](O)O[C@@H]4CO)O[C@@H]3CO)O[C@@H]2CO)[C@H](O)[C@@H](O)[C@@H]1O. The van der Waals surface area contributed by atoms with Gasteiger partial charge < -0.3 is 90.4 Å². The fraction of sp³-hybridized carbons (Fsp3) is 1.00. The molecule has 0 spiro atoms. The molecule has 4 aliphatic rings. The molecule has 0 aromatic carbocycles. The standard InChI is InChI=1S/C24H42O18S3/c25-1-5-9(29)10(30)15(35)22(40-5)44-19-7(3-27)42-24(17(37)12(19)32)45-20-8(4-28)41-23(16(36)13(20)33)43-18-6(2-26)39-21(38)14(34)11(18)31/h5-38H,1-4H2/t5-,6-,7-,8-,9-,10+,11-,12-,13-,14-,15-,16-,17-,18-,19-,20-,21-,22+,23-,24-/m1/s1. The molecule has 0 radical (unpaired) electrons. The van der Waals surface area contributed by atoms with Crippen molar-refractivity contribution in [3.63, 3.8) is 0 Å². The summed E-state index contributed by atoms with van der Waals surface area (Å²) >= 11 is 2.08. The van der Waals surface area contributed by atoms with Crippen LogP contribution in [-0.4, -0.2) is 216 Å². The first-order valence-electron chi connectivity index (χ1n) is 14.1. The monoisotopic (exact) mass is 714 g/mol. The molecule has 0 unspecified atom stereocenters. The third-order valence-corrected chi connectivity index (χ3v) is 12.9. The third-order valence-electron chi connectivity index (χ3n) is 8.20. The van der Waals surface area contributed by atoms with E-state index in [1.54, 1.807) is 0 Å². The molecule has 14 N–H and O–H groups in total. The topological polar surface area (TPSA) is 320 Å². The van der Waals surface area contributed by atoms with E-state index in [4.69, 9.17) is 18.9 Å². The van der Waals surface area contributed by atoms with E-state index < -0.39 is 144 Å². The van der Waals surface area contributed by atoms with Crippen LogP contribution < -0.4 is 0 Å². The summed E-state index contributed by atoms with van der Waals surface area (Å²) in [7, 11) is 0. The number of thioether (sulfide) groups is 3. The number of rotatable bonds is 10. The largest absolute Gasteiger partial charge is 0.394 e. The van der Waals surface area contributed by atoms with Crippen LogP contribution in [-0.2, 0) is 18.9 Å². The number of hydrogen-bond donors (Lipinski definition) is 14. The van der Waals surface area contributed by atoms with Gasteiger partial charge in [0.2, 0.25) is 0 Å². The summed E-state index contributed by atoms with van der Waals surface area (Å²) in [4.78, 5) is 0. The number of ether oxygens (including phenoxy) is 4. The Morgan fingerprint density at radius 1 is 0.333 bits per heavy atom. The molecule has 0 saturated carbocycles. The predicted octanol–water partition coefficient (Wildman–Crippen LogP) is -7.60. The Morgan fingerprint density at radius 2 is 0.644 bits per heavy atom. The highest BCUT2D eigenvalue weighted by Crippen LogP contribution is 2.44. The van der Waals surface area contributed by atoms with Gasteiger partial charge in [-0.25, -0.2) is 0 Å². The molecule has 4 aliphatic heterocycles. The van der Waals surface area contributed by atoms with Crippen LogP contribution in [0.2, 0.25) is 0 Å². The van der Waals surface area contributed by atoms with Crippen molar-refractivity contribution in [2.24, 2.45) is 0 Å². The van der Waals surface area contributed by atoms with Gasteiger partial charge in [-0.2, -0.15) is 0 Å². The zero-order valence-electron chi connectivity index (χ0n) is 23.5. The van der Waals surface area contributed by atoms with E-state index in [0.717, 1.165) is 0 Å². The maximum absolute atomic E-state index is 11.0. The van der Waals surface area contributed by atoms with Crippen molar-refractivity contribution in [3.8, 4) is 0 Å². The lowest BCUT2D eigenvalue weighted by Gasteiger charge is -2.48. The average Bonchev–Trinajstić information content (AvgIpc) is 3.03. The molecule has 18 nitrogen and oxygen atoms in total. The Hall–Kier alpha value is 0.330. The van der Waals surface area contributed by atoms with Crippen LogP contribution in [0.5, 0.6) is 0 Å². The molecular formula is C24H42O18S3. The summed E-state index contributed by atoms with van der Waals surface area (Å²) in [5.74, 6) is 0. The Bertz CT molecular complexity index is 923. The smallest absolute Gasteiger partial charge is 0.183 e. The molecule has 0 aliphatic carbocycles. The molecule has 4 saturated heterocycles. The van der Waals surface area contributed by atoms with Crippen LogP contribution in [0.15, 0.2) is 0 Å². The van der Waals surface area contributed by atoms with E-state index in [9.17, 15) is 71.5 Å². The summed E-state index contributed by atoms with van der Waals surface area (Å²) in [6.07, 6.45) is -21.7. The van der Waals surface area contributed by atoms with Crippen molar-refractivity contribution < 1.29 is 90.4 Å². The molecule has 20 atom stereocenters. The molecule has 45 heavy (non-hydrogen) atoms. The second kappa shape index (κ2) is 16.4. The van der Waals surface area contributed by atoms with Crippen LogP contribution in [0.3, 0.4) is 0 Å². The van der Waals surface area contributed by atoms with Crippen LogP contribution in [0.25, 0.3) is 0 Å². The maximum Gasteiger partial charge on any atom is 0.183 e. The molecule has 4 heterocycles. The third kappa shape index (κ3) is 7.89. The van der Waals surface area contributed by atoms with Crippen LogP contribution in [0.4, 0.5) is 0 Å². The molecule has 4 fully saturated rings. The van der Waals surface area contributed by atoms with Crippen LogP contribution in [0, 0.1) is 0 Å². The van der Waals surface area contributed by atoms with Gasteiger partial charge >= 0.3 is 0 Å². The summed E-state index contributed by atoms with van der Waals surface area (Å²) in [5, 5.41) is 140. The summed E-state index contributed by atoms with van der Waals surface area (Å²) in [5.41, 5.74) is -4.00. The van der Waals surface area contributed by atoms with Gasteiger partial charge in [0.25, 0.3) is 0 Å². The van der Waals surface area contributed by atoms with E-state index in [1.165, 1.54) is 0 Å². The van der Waals surface area contributed by atoms with Crippen molar-refractivity contribution in [2.75, 3.05) is 26.4 Å². The van der Waals surface area contributed by atoms with Crippen molar-refractivity contribution in [2.45, 2.75) is 118 Å². The minimum absolute atomic E-state index is 0.674. The summed E-state index contributed by atoms with van der Waals surface area (Å²) < 4.78 is 22.2. The lowest BCUT2D eigenvalue weighted by atomic mass is 10.0. The molecule has 21 heteroatoms. The molecule has 0 amide bonds. The summed E-state index contributed by atoms with van der Waals surface area (Å²) in [6.45, 7) is -2.78. The van der Waals surface area contributed by atoms with Crippen molar-refractivity contribution >= 4 is 35.3 Å².